The number of nitrogens with zero attached hydrogens (tertiary/aromatic N) is 5. The molecule has 0 saturated heterocycles. The first kappa shape index (κ1) is 17.7. The van der Waals surface area contributed by atoms with Crippen LogP contribution in [0, 0.1) is 10.1 Å². The minimum atomic E-state index is -1.21. The number of nitro benzene ring substituents is 1. The van der Waals surface area contributed by atoms with Crippen LogP contribution in [0.5, 0.6) is 0 Å². The number of aromatic nitrogens is 3. The molecular weight excluding hydrogens is 434 g/mol. The zero-order valence-electron chi connectivity index (χ0n) is 14.0. The van der Waals surface area contributed by atoms with Gasteiger partial charge in [-0.1, -0.05) is 12.1 Å². The molecule has 2 aromatic carbocycles. The summed E-state index contributed by atoms with van der Waals surface area (Å²) in [4.78, 5) is 16.3. The Morgan fingerprint density at radius 2 is 1.96 bits per heavy atom. The van der Waals surface area contributed by atoms with E-state index in [1.807, 2.05) is 0 Å². The molecule has 3 aromatic rings. The molecule has 2 heterocycles. The normalized spacial score (nSPS) is 13.9. The maximum absolute atomic E-state index is 12.0. The fourth-order valence-electron chi connectivity index (χ4n) is 3.01. The van der Waals surface area contributed by atoms with Crippen molar-refractivity contribution in [3.63, 3.8) is 0 Å². The number of fused-ring (bicyclic) bond motifs is 3. The van der Waals surface area contributed by atoms with Crippen LogP contribution in [0.2, 0.25) is 0 Å². The molecule has 0 amide bonds. The van der Waals surface area contributed by atoms with Gasteiger partial charge in [-0.15, -0.1) is 10.2 Å². The molecule has 1 aliphatic heterocycles. The van der Waals surface area contributed by atoms with Crippen LogP contribution < -0.4 is 0 Å². The number of hydrogen-bond acceptors (Lipinski definition) is 6. The van der Waals surface area contributed by atoms with Gasteiger partial charge in [-0.25, -0.2) is 0 Å². The molecule has 0 bridgehead atoms. The zero-order chi connectivity index (χ0) is 19.1. The van der Waals surface area contributed by atoms with Crippen molar-refractivity contribution in [1.29, 1.82) is 0 Å². The molecule has 1 atom stereocenters. The highest BCUT2D eigenvalue weighted by Gasteiger charge is 2.26. The summed E-state index contributed by atoms with van der Waals surface area (Å²) in [6.45, 7) is 0.208. The summed E-state index contributed by atoms with van der Waals surface area (Å²) < 4.78 is 14.3. The number of benzene rings is 2. The van der Waals surface area contributed by atoms with Gasteiger partial charge in [-0.3, -0.25) is 23.9 Å². The van der Waals surface area contributed by atoms with Crippen LogP contribution in [-0.2, 0) is 17.3 Å². The fraction of sp³-hybridized carbons (Fsp3) is 0.118. The number of aliphatic imine (C=N–C) groups is 1. The first-order chi connectivity index (χ1) is 13.0. The molecule has 0 aliphatic carbocycles. The minimum absolute atomic E-state index is 0.0399. The molecule has 10 heteroatoms. The Kier molecular flexibility index (Phi) is 4.44. The second kappa shape index (κ2) is 6.78. The third-order valence-corrected chi connectivity index (χ3v) is 5.65. The third-order valence-electron chi connectivity index (χ3n) is 4.22. The molecule has 27 heavy (non-hydrogen) atoms. The second-order valence-corrected chi connectivity index (χ2v) is 7.88. The second-order valence-electron chi connectivity index (χ2n) is 5.79. The first-order valence-corrected chi connectivity index (χ1v) is 10.2. The van der Waals surface area contributed by atoms with Gasteiger partial charge in [0.2, 0.25) is 4.73 Å². The van der Waals surface area contributed by atoms with Crippen molar-refractivity contribution in [3.05, 3.63) is 74.3 Å². The molecule has 0 fully saturated rings. The highest BCUT2D eigenvalue weighted by atomic mass is 79.9. The smallest absolute Gasteiger partial charge is 0.276 e. The molecule has 4 rings (SSSR count). The summed E-state index contributed by atoms with van der Waals surface area (Å²) in [5.41, 5.74) is 2.17. The topological polar surface area (TPSA) is 103 Å². The Morgan fingerprint density at radius 3 is 2.70 bits per heavy atom. The molecule has 0 spiro atoms. The van der Waals surface area contributed by atoms with Gasteiger partial charge in [0.1, 0.15) is 6.54 Å². The van der Waals surface area contributed by atoms with Gasteiger partial charge in [0.25, 0.3) is 5.69 Å². The van der Waals surface area contributed by atoms with Crippen molar-refractivity contribution in [2.75, 3.05) is 6.26 Å². The van der Waals surface area contributed by atoms with Crippen LogP contribution in [0.15, 0.2) is 57.1 Å². The molecule has 1 unspecified atom stereocenters. The summed E-state index contributed by atoms with van der Waals surface area (Å²) in [6, 6.07) is 11.8. The Morgan fingerprint density at radius 1 is 1.19 bits per heavy atom. The van der Waals surface area contributed by atoms with E-state index in [-0.39, 0.29) is 12.2 Å². The highest BCUT2D eigenvalue weighted by molar-refractivity contribution is 9.10. The van der Waals surface area contributed by atoms with E-state index < -0.39 is 15.7 Å². The Balaban J connectivity index is 2.04. The van der Waals surface area contributed by atoms with E-state index in [2.05, 4.69) is 31.1 Å². The predicted octanol–water partition coefficient (Wildman–Crippen LogP) is 3.03. The van der Waals surface area contributed by atoms with E-state index in [1.165, 1.54) is 6.07 Å². The van der Waals surface area contributed by atoms with Gasteiger partial charge in [0, 0.05) is 33.6 Å². The van der Waals surface area contributed by atoms with E-state index in [4.69, 9.17) is 0 Å². The van der Waals surface area contributed by atoms with Crippen molar-refractivity contribution >= 4 is 38.1 Å². The van der Waals surface area contributed by atoms with Gasteiger partial charge in [-0.2, -0.15) is 0 Å². The van der Waals surface area contributed by atoms with E-state index in [0.717, 1.165) is 0 Å². The van der Waals surface area contributed by atoms with Crippen LogP contribution in [0.25, 0.3) is 5.69 Å². The SMILES string of the molecule is CS(=O)c1ccc2c(c1)C(c1ccccc1[N+](=O)[O-])=NCc1nnc(Br)n1-2. The van der Waals surface area contributed by atoms with Crippen LogP contribution in [0.3, 0.4) is 0 Å². The average molecular weight is 446 g/mol. The molecule has 8 nitrogen and oxygen atoms in total. The van der Waals surface area contributed by atoms with E-state index >= 15 is 0 Å². The van der Waals surface area contributed by atoms with Gasteiger partial charge in [0.05, 0.1) is 21.9 Å². The lowest BCUT2D eigenvalue weighted by Crippen LogP contribution is -2.10. The monoisotopic (exact) mass is 445 g/mol. The van der Waals surface area contributed by atoms with Crippen LogP contribution in [-0.4, -0.2) is 35.9 Å². The van der Waals surface area contributed by atoms with Gasteiger partial charge < -0.3 is 0 Å². The summed E-state index contributed by atoms with van der Waals surface area (Å²) in [6.07, 6.45) is 1.58. The standard InChI is InChI=1S/C17H12BrN5O3S/c1-27(26)10-6-7-13-12(8-10)16(11-4-2-3-5-14(11)23(24)25)19-9-15-20-21-17(18)22(13)15/h2-8H,9H2,1H3. The summed E-state index contributed by atoms with van der Waals surface area (Å²) in [7, 11) is -1.21. The average Bonchev–Trinajstić information content (AvgIpc) is 2.93. The number of halogens is 1. The zero-order valence-corrected chi connectivity index (χ0v) is 16.4. The fourth-order valence-corrected chi connectivity index (χ4v) is 4.03. The number of para-hydroxylation sites is 1. The Labute approximate surface area is 164 Å². The molecule has 0 saturated carbocycles. The van der Waals surface area contributed by atoms with Crippen LogP contribution in [0.4, 0.5) is 5.69 Å². The lowest BCUT2D eigenvalue weighted by atomic mass is 9.99. The van der Waals surface area contributed by atoms with Crippen LogP contribution >= 0.6 is 15.9 Å². The summed E-state index contributed by atoms with van der Waals surface area (Å²) in [5.74, 6) is 0.599. The first-order valence-electron chi connectivity index (χ1n) is 7.83. The molecule has 136 valence electrons. The molecule has 1 aromatic heterocycles. The maximum Gasteiger partial charge on any atom is 0.278 e. The maximum atomic E-state index is 12.0. The van der Waals surface area contributed by atoms with Gasteiger partial charge >= 0.3 is 0 Å². The molecular formula is C17H12BrN5O3S. The summed E-state index contributed by atoms with van der Waals surface area (Å²) >= 11 is 3.39. The van der Waals surface area contributed by atoms with Crippen LogP contribution in [0.1, 0.15) is 17.0 Å². The van der Waals surface area contributed by atoms with Crippen molar-refractivity contribution in [2.24, 2.45) is 4.99 Å². The van der Waals surface area contributed by atoms with Crippen molar-refractivity contribution in [3.8, 4) is 5.69 Å². The molecule has 1 aliphatic rings. The lowest BCUT2D eigenvalue weighted by Gasteiger charge is -2.13. The van der Waals surface area contributed by atoms with Gasteiger partial charge in [0.15, 0.2) is 5.82 Å². The number of nitro groups is 1. The van der Waals surface area contributed by atoms with E-state index in [0.29, 0.717) is 38.0 Å². The number of hydrogen-bond donors (Lipinski definition) is 0. The number of rotatable bonds is 3. The predicted molar refractivity (Wildman–Crippen MR) is 104 cm³/mol. The molecule has 0 N–H and O–H groups in total. The van der Waals surface area contributed by atoms with Crippen molar-refractivity contribution in [2.45, 2.75) is 11.4 Å². The largest absolute Gasteiger partial charge is 0.278 e. The highest BCUT2D eigenvalue weighted by Crippen LogP contribution is 2.31. The van der Waals surface area contributed by atoms with Crippen molar-refractivity contribution in [1.82, 2.24) is 14.8 Å². The Bertz CT molecular complexity index is 1140. The van der Waals surface area contributed by atoms with E-state index in [1.54, 1.807) is 47.2 Å². The lowest BCUT2D eigenvalue weighted by molar-refractivity contribution is -0.385. The van der Waals surface area contributed by atoms with E-state index in [9.17, 15) is 14.3 Å². The van der Waals surface area contributed by atoms with Gasteiger partial charge in [-0.05, 0) is 40.2 Å². The summed E-state index contributed by atoms with van der Waals surface area (Å²) in [5, 5.41) is 19.7. The quantitative estimate of drug-likeness (QED) is 0.455. The Hall–Kier alpha value is -2.72. The van der Waals surface area contributed by atoms with Crippen molar-refractivity contribution < 1.29 is 9.13 Å². The molecule has 0 radical (unpaired) electrons. The minimum Gasteiger partial charge on any atom is -0.276 e. The third kappa shape index (κ3) is 3.00.